The molecule has 1 aliphatic rings. The highest BCUT2D eigenvalue weighted by atomic mass is 79.9. The van der Waals surface area contributed by atoms with Crippen molar-refractivity contribution in [2.24, 2.45) is 5.92 Å². The molecule has 0 bridgehead atoms. The van der Waals surface area contributed by atoms with Crippen LogP contribution < -0.4 is 0 Å². The van der Waals surface area contributed by atoms with Gasteiger partial charge in [0.05, 0.1) is 0 Å². The molecule has 1 aromatic rings. The zero-order chi connectivity index (χ0) is 13.5. The first kappa shape index (κ1) is 15.1. The average molecular weight is 324 g/mol. The highest BCUT2D eigenvalue weighted by Crippen LogP contribution is 2.25. The summed E-state index contributed by atoms with van der Waals surface area (Å²) in [5.74, 6) is 0.889. The second kappa shape index (κ2) is 8.06. The van der Waals surface area contributed by atoms with Crippen LogP contribution >= 0.6 is 15.9 Å². The van der Waals surface area contributed by atoms with E-state index in [1.54, 1.807) is 0 Å². The number of piperidine rings is 1. The Morgan fingerprint density at radius 3 is 2.47 bits per heavy atom. The van der Waals surface area contributed by atoms with Crippen LogP contribution in [0.25, 0.3) is 0 Å². The van der Waals surface area contributed by atoms with Crippen LogP contribution in [0, 0.1) is 5.92 Å². The normalized spacial score (nSPS) is 19.5. The fourth-order valence-electron chi connectivity index (χ4n) is 2.95. The van der Waals surface area contributed by atoms with Gasteiger partial charge in [0.15, 0.2) is 0 Å². The second-order valence-corrected chi connectivity index (χ2v) is 7.24. The van der Waals surface area contributed by atoms with Crippen molar-refractivity contribution < 1.29 is 0 Å². The third-order valence-corrected chi connectivity index (χ3v) is 5.06. The SMILES string of the molecule is CC(Br)C1CCN(CCCCc2ccccc2)CC1. The summed E-state index contributed by atoms with van der Waals surface area (Å²) in [7, 11) is 0. The third kappa shape index (κ3) is 5.27. The van der Waals surface area contributed by atoms with Crippen LogP contribution in [-0.2, 0) is 6.42 Å². The molecule has 1 nitrogen and oxygen atoms in total. The fourth-order valence-corrected chi connectivity index (χ4v) is 3.47. The molecule has 2 rings (SSSR count). The Hall–Kier alpha value is -0.340. The Morgan fingerprint density at radius 2 is 1.84 bits per heavy atom. The van der Waals surface area contributed by atoms with Crippen LogP contribution in [0.3, 0.4) is 0 Å². The summed E-state index contributed by atoms with van der Waals surface area (Å²) in [5.41, 5.74) is 1.48. The Labute approximate surface area is 126 Å². The molecule has 1 aromatic carbocycles. The van der Waals surface area contributed by atoms with Crippen molar-refractivity contribution in [1.82, 2.24) is 4.90 Å². The predicted molar refractivity (Wildman–Crippen MR) is 86.9 cm³/mol. The molecule has 1 fully saturated rings. The number of benzene rings is 1. The lowest BCUT2D eigenvalue weighted by Gasteiger charge is -2.33. The van der Waals surface area contributed by atoms with Gasteiger partial charge in [0.2, 0.25) is 0 Å². The van der Waals surface area contributed by atoms with Crippen LogP contribution in [0.2, 0.25) is 0 Å². The number of rotatable bonds is 6. The lowest BCUT2D eigenvalue weighted by atomic mass is 9.94. The summed E-state index contributed by atoms with van der Waals surface area (Å²) in [6.45, 7) is 6.17. The molecule has 19 heavy (non-hydrogen) atoms. The first-order chi connectivity index (χ1) is 9.25. The van der Waals surface area contributed by atoms with Gasteiger partial charge in [0.1, 0.15) is 0 Å². The van der Waals surface area contributed by atoms with Crippen molar-refractivity contribution in [2.75, 3.05) is 19.6 Å². The highest BCUT2D eigenvalue weighted by molar-refractivity contribution is 9.09. The summed E-state index contributed by atoms with van der Waals surface area (Å²) in [5, 5.41) is 0. The van der Waals surface area contributed by atoms with E-state index in [0.717, 1.165) is 5.92 Å². The minimum absolute atomic E-state index is 0.688. The maximum Gasteiger partial charge on any atom is 0.0146 e. The molecule has 0 N–H and O–H groups in total. The van der Waals surface area contributed by atoms with E-state index in [1.165, 1.54) is 57.3 Å². The number of alkyl halides is 1. The van der Waals surface area contributed by atoms with Crippen molar-refractivity contribution >= 4 is 15.9 Å². The largest absolute Gasteiger partial charge is 0.303 e. The molecule has 0 spiro atoms. The van der Waals surface area contributed by atoms with Gasteiger partial charge in [-0.05, 0) is 63.2 Å². The molecule has 2 heteroatoms. The first-order valence-corrected chi connectivity index (χ1v) is 8.57. The molecule has 106 valence electrons. The van der Waals surface area contributed by atoms with Crippen molar-refractivity contribution in [3.63, 3.8) is 0 Å². The first-order valence-electron chi connectivity index (χ1n) is 7.66. The van der Waals surface area contributed by atoms with Gasteiger partial charge in [0, 0.05) is 4.83 Å². The Kier molecular flexibility index (Phi) is 6.39. The molecule has 0 radical (unpaired) electrons. The Morgan fingerprint density at radius 1 is 1.16 bits per heavy atom. The van der Waals surface area contributed by atoms with E-state index in [9.17, 15) is 0 Å². The van der Waals surface area contributed by atoms with Gasteiger partial charge in [-0.3, -0.25) is 0 Å². The predicted octanol–water partition coefficient (Wildman–Crippen LogP) is 4.50. The zero-order valence-electron chi connectivity index (χ0n) is 12.0. The second-order valence-electron chi connectivity index (χ2n) is 5.80. The Bertz CT molecular complexity index is 342. The molecule has 0 amide bonds. The average Bonchev–Trinajstić information content (AvgIpc) is 2.45. The molecule has 1 aliphatic heterocycles. The summed E-state index contributed by atoms with van der Waals surface area (Å²) in [6.07, 6.45) is 6.62. The van der Waals surface area contributed by atoms with E-state index >= 15 is 0 Å². The topological polar surface area (TPSA) is 3.24 Å². The number of hydrogen-bond donors (Lipinski definition) is 0. The maximum atomic E-state index is 3.73. The smallest absolute Gasteiger partial charge is 0.0146 e. The quantitative estimate of drug-likeness (QED) is 0.550. The number of halogens is 1. The van der Waals surface area contributed by atoms with Crippen molar-refractivity contribution in [3.8, 4) is 0 Å². The summed E-state index contributed by atoms with van der Waals surface area (Å²) < 4.78 is 0. The van der Waals surface area contributed by atoms with Gasteiger partial charge < -0.3 is 4.90 Å². The minimum Gasteiger partial charge on any atom is -0.303 e. The summed E-state index contributed by atoms with van der Waals surface area (Å²) in [6, 6.07) is 10.9. The third-order valence-electron chi connectivity index (χ3n) is 4.31. The van der Waals surface area contributed by atoms with E-state index in [0.29, 0.717) is 4.83 Å². The van der Waals surface area contributed by atoms with E-state index in [4.69, 9.17) is 0 Å². The van der Waals surface area contributed by atoms with Crippen molar-refractivity contribution in [1.29, 1.82) is 0 Å². The molecular formula is C17H26BrN. The fraction of sp³-hybridized carbons (Fsp3) is 0.647. The molecular weight excluding hydrogens is 298 g/mol. The monoisotopic (exact) mass is 323 g/mol. The van der Waals surface area contributed by atoms with Crippen LogP contribution in [0.4, 0.5) is 0 Å². The molecule has 1 saturated heterocycles. The summed E-state index contributed by atoms with van der Waals surface area (Å²) in [4.78, 5) is 3.34. The molecule has 1 atom stereocenters. The van der Waals surface area contributed by atoms with E-state index in [-0.39, 0.29) is 0 Å². The minimum atomic E-state index is 0.688. The van der Waals surface area contributed by atoms with Crippen molar-refractivity contribution in [2.45, 2.75) is 43.9 Å². The summed E-state index contributed by atoms with van der Waals surface area (Å²) >= 11 is 3.73. The molecule has 1 heterocycles. The van der Waals surface area contributed by atoms with E-state index in [1.807, 2.05) is 0 Å². The number of hydrogen-bond acceptors (Lipinski definition) is 1. The lowest BCUT2D eigenvalue weighted by molar-refractivity contribution is 0.182. The molecule has 1 unspecified atom stereocenters. The van der Waals surface area contributed by atoms with Gasteiger partial charge in [-0.2, -0.15) is 0 Å². The van der Waals surface area contributed by atoms with Gasteiger partial charge in [0.25, 0.3) is 0 Å². The number of unbranched alkanes of at least 4 members (excludes halogenated alkanes) is 1. The zero-order valence-corrected chi connectivity index (χ0v) is 13.6. The van der Waals surface area contributed by atoms with Gasteiger partial charge in [-0.15, -0.1) is 0 Å². The number of likely N-dealkylation sites (tertiary alicyclic amines) is 1. The van der Waals surface area contributed by atoms with Crippen LogP contribution in [0.15, 0.2) is 30.3 Å². The molecule has 0 aromatic heterocycles. The van der Waals surface area contributed by atoms with Crippen molar-refractivity contribution in [3.05, 3.63) is 35.9 Å². The number of nitrogens with zero attached hydrogens (tertiary/aromatic N) is 1. The number of aryl methyl sites for hydroxylation is 1. The lowest BCUT2D eigenvalue weighted by Crippen LogP contribution is -2.36. The Balaban J connectivity index is 1.57. The van der Waals surface area contributed by atoms with Crippen LogP contribution in [0.1, 0.15) is 38.2 Å². The maximum absolute atomic E-state index is 3.73. The molecule has 0 aliphatic carbocycles. The van der Waals surface area contributed by atoms with Gasteiger partial charge >= 0.3 is 0 Å². The van der Waals surface area contributed by atoms with E-state index in [2.05, 4.69) is 58.1 Å². The molecule has 0 saturated carbocycles. The van der Waals surface area contributed by atoms with Crippen LogP contribution in [-0.4, -0.2) is 29.4 Å². The van der Waals surface area contributed by atoms with Crippen LogP contribution in [0.5, 0.6) is 0 Å². The van der Waals surface area contributed by atoms with Gasteiger partial charge in [-0.1, -0.05) is 53.2 Å². The standard InChI is InChI=1S/C17H26BrN/c1-15(18)17-10-13-19(14-11-17)12-6-5-9-16-7-3-2-4-8-16/h2-4,7-8,15,17H,5-6,9-14H2,1H3. The van der Waals surface area contributed by atoms with Gasteiger partial charge in [-0.25, -0.2) is 0 Å². The van der Waals surface area contributed by atoms with E-state index < -0.39 is 0 Å². The highest BCUT2D eigenvalue weighted by Gasteiger charge is 2.21.